The number of hydrogen-bond donors (Lipinski definition) is 0. The largest absolute Gasteiger partial charge is 0.306 e. The van der Waals surface area contributed by atoms with Crippen molar-refractivity contribution in [1.29, 1.82) is 0 Å². The Bertz CT molecular complexity index is 96.2. The van der Waals surface area contributed by atoms with Crippen molar-refractivity contribution in [1.82, 2.24) is 4.90 Å². The maximum atomic E-state index is 11.9. The summed E-state index contributed by atoms with van der Waals surface area (Å²) in [6.07, 6.45) is -0.758. The van der Waals surface area contributed by atoms with Crippen LogP contribution in [0.25, 0.3) is 0 Å². The molecular weight excluding hydrogens is 136 g/mol. The van der Waals surface area contributed by atoms with Crippen LogP contribution in [0.15, 0.2) is 0 Å². The van der Waals surface area contributed by atoms with Crippen molar-refractivity contribution in [2.75, 3.05) is 14.1 Å². The van der Waals surface area contributed by atoms with Crippen molar-refractivity contribution in [3.8, 4) is 0 Å². The Morgan fingerprint density at radius 1 is 1.30 bits per heavy atom. The van der Waals surface area contributed by atoms with Gasteiger partial charge < -0.3 is 4.90 Å². The summed E-state index contributed by atoms with van der Waals surface area (Å²) in [7, 11) is 3.87. The molecule has 0 N–H and O–H groups in total. The average Bonchev–Trinajstić information content (AvgIpc) is 1.56. The van der Waals surface area contributed by atoms with Crippen LogP contribution < -0.4 is 0 Å². The minimum Gasteiger partial charge on any atom is -0.306 e. The zero-order valence-corrected chi connectivity index (χ0v) is 6.35. The lowest BCUT2D eigenvalue weighted by atomic mass is 9.80. The predicted molar refractivity (Wildman–Crippen MR) is 36.2 cm³/mol. The Morgan fingerprint density at radius 2 is 1.80 bits per heavy atom. The molecule has 0 amide bonds. The van der Waals surface area contributed by atoms with Gasteiger partial charge in [-0.05, 0) is 26.9 Å². The van der Waals surface area contributed by atoms with Gasteiger partial charge in [0.15, 0.2) is 0 Å². The fourth-order valence-electron chi connectivity index (χ4n) is 1.26. The molecule has 0 spiro atoms. The van der Waals surface area contributed by atoms with E-state index in [0.717, 1.165) is 0 Å². The molecule has 3 heteroatoms. The van der Waals surface area contributed by atoms with Crippen LogP contribution in [0.5, 0.6) is 0 Å². The Morgan fingerprint density at radius 3 is 2.10 bits per heavy atom. The van der Waals surface area contributed by atoms with Crippen molar-refractivity contribution in [3.63, 3.8) is 0 Å². The highest BCUT2D eigenvalue weighted by molar-refractivity contribution is 4.85. The van der Waals surface area contributed by atoms with Crippen LogP contribution in [0.1, 0.15) is 12.8 Å². The molecule has 0 unspecified atom stereocenters. The lowest BCUT2D eigenvalue weighted by Crippen LogP contribution is -2.42. The van der Waals surface area contributed by atoms with Crippen LogP contribution in [0, 0.1) is 5.92 Å². The maximum absolute atomic E-state index is 11.9. The van der Waals surface area contributed by atoms with E-state index in [1.54, 1.807) is 0 Å². The van der Waals surface area contributed by atoms with Gasteiger partial charge in [0.05, 0.1) is 0 Å². The molecule has 0 heterocycles. The molecule has 1 aliphatic carbocycles. The highest BCUT2D eigenvalue weighted by atomic mass is 19.3. The summed E-state index contributed by atoms with van der Waals surface area (Å²) in [4.78, 5) is 2.01. The molecule has 0 aromatic carbocycles. The van der Waals surface area contributed by atoms with E-state index < -0.39 is 6.43 Å². The smallest absolute Gasteiger partial charge is 0.241 e. The summed E-state index contributed by atoms with van der Waals surface area (Å²) in [6, 6.07) is 0.402. The summed E-state index contributed by atoms with van der Waals surface area (Å²) in [6.45, 7) is 0. The Hall–Kier alpha value is -0.180. The van der Waals surface area contributed by atoms with Crippen molar-refractivity contribution in [2.45, 2.75) is 25.3 Å². The van der Waals surface area contributed by atoms with Gasteiger partial charge in [-0.25, -0.2) is 8.78 Å². The molecule has 1 aliphatic rings. The first-order valence-corrected chi connectivity index (χ1v) is 3.56. The van der Waals surface area contributed by atoms with Gasteiger partial charge in [0.2, 0.25) is 6.43 Å². The van der Waals surface area contributed by atoms with Crippen molar-refractivity contribution in [2.24, 2.45) is 5.92 Å². The molecule has 0 aromatic heterocycles. The molecule has 0 saturated heterocycles. The molecule has 60 valence electrons. The van der Waals surface area contributed by atoms with Crippen LogP contribution in [-0.4, -0.2) is 31.5 Å². The highest BCUT2D eigenvalue weighted by Crippen LogP contribution is 2.34. The predicted octanol–water partition coefficient (Wildman–Crippen LogP) is 1.59. The minimum atomic E-state index is -2.10. The molecule has 0 aliphatic heterocycles. The van der Waals surface area contributed by atoms with Gasteiger partial charge in [-0.1, -0.05) is 0 Å². The third-order valence-corrected chi connectivity index (χ3v) is 2.24. The van der Waals surface area contributed by atoms with E-state index in [1.807, 2.05) is 19.0 Å². The van der Waals surface area contributed by atoms with Gasteiger partial charge >= 0.3 is 0 Å². The zero-order valence-electron chi connectivity index (χ0n) is 6.35. The second-order valence-corrected chi connectivity index (χ2v) is 3.18. The standard InChI is InChI=1S/C7H13F2N/c1-10(2)6-3-5(4-6)7(8)9/h5-7H,3-4H2,1-2H3. The summed E-state index contributed by atoms with van der Waals surface area (Å²) in [5, 5.41) is 0. The molecule has 1 nitrogen and oxygen atoms in total. The normalized spacial score (nSPS) is 33.0. The average molecular weight is 149 g/mol. The number of alkyl halides is 2. The van der Waals surface area contributed by atoms with E-state index in [9.17, 15) is 8.78 Å². The highest BCUT2D eigenvalue weighted by Gasteiger charge is 2.36. The van der Waals surface area contributed by atoms with Crippen molar-refractivity contribution < 1.29 is 8.78 Å². The van der Waals surface area contributed by atoms with E-state index in [2.05, 4.69) is 0 Å². The Labute approximate surface area is 60.0 Å². The zero-order chi connectivity index (χ0) is 7.72. The van der Waals surface area contributed by atoms with E-state index in [1.165, 1.54) is 0 Å². The fraction of sp³-hybridized carbons (Fsp3) is 1.00. The third kappa shape index (κ3) is 1.45. The Kier molecular flexibility index (Phi) is 2.24. The van der Waals surface area contributed by atoms with Crippen LogP contribution in [0.2, 0.25) is 0 Å². The summed E-state index contributed by atoms with van der Waals surface area (Å²) < 4.78 is 23.8. The second-order valence-electron chi connectivity index (χ2n) is 3.18. The van der Waals surface area contributed by atoms with Crippen LogP contribution in [-0.2, 0) is 0 Å². The molecule has 0 aromatic rings. The molecule has 10 heavy (non-hydrogen) atoms. The molecule has 0 atom stereocenters. The lowest BCUT2D eigenvalue weighted by Gasteiger charge is -2.38. The summed E-state index contributed by atoms with van der Waals surface area (Å²) in [5.74, 6) is -0.326. The molecule has 0 radical (unpaired) electrons. The quantitative estimate of drug-likeness (QED) is 0.576. The van der Waals surface area contributed by atoms with Crippen LogP contribution in [0.4, 0.5) is 8.78 Å². The number of halogens is 2. The monoisotopic (exact) mass is 149 g/mol. The number of hydrogen-bond acceptors (Lipinski definition) is 1. The van der Waals surface area contributed by atoms with Gasteiger partial charge in [0.25, 0.3) is 0 Å². The van der Waals surface area contributed by atoms with E-state index in [-0.39, 0.29) is 5.92 Å². The first kappa shape index (κ1) is 7.92. The van der Waals surface area contributed by atoms with Crippen molar-refractivity contribution in [3.05, 3.63) is 0 Å². The topological polar surface area (TPSA) is 3.24 Å². The second kappa shape index (κ2) is 2.82. The van der Waals surface area contributed by atoms with Gasteiger partial charge in [0.1, 0.15) is 0 Å². The SMILES string of the molecule is CN(C)C1CC(C(F)F)C1. The van der Waals surface area contributed by atoms with Gasteiger partial charge in [-0.2, -0.15) is 0 Å². The van der Waals surface area contributed by atoms with Crippen molar-refractivity contribution >= 4 is 0 Å². The third-order valence-electron chi connectivity index (χ3n) is 2.24. The summed E-state index contributed by atoms with van der Waals surface area (Å²) in [5.41, 5.74) is 0. The van der Waals surface area contributed by atoms with Gasteiger partial charge in [-0.3, -0.25) is 0 Å². The molecule has 1 saturated carbocycles. The maximum Gasteiger partial charge on any atom is 0.241 e. The lowest BCUT2D eigenvalue weighted by molar-refractivity contribution is -0.00919. The minimum absolute atomic E-state index is 0.326. The summed E-state index contributed by atoms with van der Waals surface area (Å²) >= 11 is 0. The first-order chi connectivity index (χ1) is 4.61. The van der Waals surface area contributed by atoms with E-state index in [4.69, 9.17) is 0 Å². The fourth-order valence-corrected chi connectivity index (χ4v) is 1.26. The number of rotatable bonds is 2. The Balaban J connectivity index is 2.18. The van der Waals surface area contributed by atoms with Crippen LogP contribution in [0.3, 0.4) is 0 Å². The molecule has 0 bridgehead atoms. The molecule has 1 rings (SSSR count). The molecular formula is C7H13F2N. The van der Waals surface area contributed by atoms with Crippen LogP contribution >= 0.6 is 0 Å². The number of nitrogens with zero attached hydrogens (tertiary/aromatic N) is 1. The van der Waals surface area contributed by atoms with Gasteiger partial charge in [0, 0.05) is 12.0 Å². The molecule has 1 fully saturated rings. The first-order valence-electron chi connectivity index (χ1n) is 3.56. The van der Waals surface area contributed by atoms with Gasteiger partial charge in [-0.15, -0.1) is 0 Å². The van der Waals surface area contributed by atoms with E-state index in [0.29, 0.717) is 18.9 Å². The van der Waals surface area contributed by atoms with E-state index >= 15 is 0 Å².